The van der Waals surface area contributed by atoms with E-state index in [1.54, 1.807) is 21.3 Å². The first-order valence-electron chi connectivity index (χ1n) is 7.56. The standard InChI is InChI=1S/C18H23NO4/c1-5-23-15-8-6-14(7-9-15)19-12-13-10-16(20-2)18(22-4)17(11-13)21-3/h6-11,19H,5,12H2,1-4H3/p+1. The third kappa shape index (κ3) is 4.29. The SMILES string of the molecule is CCOc1ccc([NH2+]Cc2cc(OC)c(OC)c(OC)c2)cc1. The average molecular weight is 318 g/mol. The summed E-state index contributed by atoms with van der Waals surface area (Å²) in [5.41, 5.74) is 2.23. The molecule has 0 amide bonds. The van der Waals surface area contributed by atoms with Crippen molar-refractivity contribution in [2.24, 2.45) is 0 Å². The molecule has 0 heterocycles. The summed E-state index contributed by atoms with van der Waals surface area (Å²) in [5.74, 6) is 2.83. The predicted octanol–water partition coefficient (Wildman–Crippen LogP) is 2.51. The van der Waals surface area contributed by atoms with Gasteiger partial charge in [0.05, 0.1) is 27.9 Å². The molecule has 0 bridgehead atoms. The first-order valence-corrected chi connectivity index (χ1v) is 7.56. The molecule has 0 unspecified atom stereocenters. The number of ether oxygens (including phenoxy) is 4. The van der Waals surface area contributed by atoms with E-state index >= 15 is 0 Å². The van der Waals surface area contributed by atoms with Crippen molar-refractivity contribution in [1.82, 2.24) is 0 Å². The Balaban J connectivity index is 2.10. The number of hydrogen-bond donors (Lipinski definition) is 1. The fraction of sp³-hybridized carbons (Fsp3) is 0.333. The summed E-state index contributed by atoms with van der Waals surface area (Å²) in [6.45, 7) is 3.42. The molecule has 0 saturated heterocycles. The van der Waals surface area contributed by atoms with Crippen molar-refractivity contribution in [1.29, 1.82) is 0 Å². The highest BCUT2D eigenvalue weighted by atomic mass is 16.5. The van der Waals surface area contributed by atoms with Gasteiger partial charge in [-0.2, -0.15) is 0 Å². The monoisotopic (exact) mass is 318 g/mol. The van der Waals surface area contributed by atoms with Crippen LogP contribution in [0, 0.1) is 0 Å². The minimum absolute atomic E-state index is 0.611. The van der Waals surface area contributed by atoms with E-state index in [2.05, 4.69) is 5.32 Å². The smallest absolute Gasteiger partial charge is 0.203 e. The van der Waals surface area contributed by atoms with Crippen molar-refractivity contribution in [3.63, 3.8) is 0 Å². The predicted molar refractivity (Wildman–Crippen MR) is 89.0 cm³/mol. The van der Waals surface area contributed by atoms with E-state index in [4.69, 9.17) is 18.9 Å². The number of nitrogens with two attached hydrogens (primary N) is 1. The van der Waals surface area contributed by atoms with Gasteiger partial charge in [-0.15, -0.1) is 0 Å². The number of benzene rings is 2. The fourth-order valence-electron chi connectivity index (χ4n) is 2.36. The van der Waals surface area contributed by atoms with Gasteiger partial charge in [-0.25, -0.2) is 0 Å². The quantitative estimate of drug-likeness (QED) is 0.760. The van der Waals surface area contributed by atoms with Crippen molar-refractivity contribution in [3.05, 3.63) is 42.0 Å². The van der Waals surface area contributed by atoms with E-state index < -0.39 is 0 Å². The zero-order valence-corrected chi connectivity index (χ0v) is 14.1. The third-order valence-electron chi connectivity index (χ3n) is 3.49. The Labute approximate surface area is 137 Å². The largest absolute Gasteiger partial charge is 0.494 e. The van der Waals surface area contributed by atoms with Gasteiger partial charge in [0.1, 0.15) is 18.0 Å². The molecule has 2 rings (SSSR count). The number of rotatable bonds is 8. The van der Waals surface area contributed by atoms with Gasteiger partial charge in [-0.1, -0.05) is 0 Å². The Hall–Kier alpha value is -2.40. The lowest BCUT2D eigenvalue weighted by Gasteiger charge is -2.13. The van der Waals surface area contributed by atoms with Crippen LogP contribution in [0.25, 0.3) is 0 Å². The van der Waals surface area contributed by atoms with E-state index in [0.29, 0.717) is 23.9 Å². The number of quaternary nitrogens is 1. The van der Waals surface area contributed by atoms with Gasteiger partial charge in [0.25, 0.3) is 0 Å². The molecule has 124 valence electrons. The Bertz CT molecular complexity index is 600. The lowest BCUT2D eigenvalue weighted by molar-refractivity contribution is -0.588. The summed E-state index contributed by atoms with van der Waals surface area (Å²) in [7, 11) is 4.85. The lowest BCUT2D eigenvalue weighted by atomic mass is 10.1. The van der Waals surface area contributed by atoms with Crippen molar-refractivity contribution < 1.29 is 24.3 Å². The molecular formula is C18H24NO4+. The minimum atomic E-state index is 0.611. The van der Waals surface area contributed by atoms with Gasteiger partial charge in [-0.05, 0) is 31.2 Å². The van der Waals surface area contributed by atoms with Gasteiger partial charge in [0, 0.05) is 17.7 Å². The molecule has 0 radical (unpaired) electrons. The molecule has 0 aliphatic carbocycles. The summed E-state index contributed by atoms with van der Waals surface area (Å²) < 4.78 is 21.5. The Morgan fingerprint density at radius 3 is 1.96 bits per heavy atom. The first kappa shape index (κ1) is 17.0. The molecule has 0 saturated carbocycles. The molecule has 0 aliphatic rings. The molecule has 2 aromatic carbocycles. The van der Waals surface area contributed by atoms with E-state index in [1.807, 2.05) is 43.3 Å². The van der Waals surface area contributed by atoms with Crippen LogP contribution in [0.3, 0.4) is 0 Å². The van der Waals surface area contributed by atoms with Crippen LogP contribution in [0.1, 0.15) is 12.5 Å². The van der Waals surface area contributed by atoms with Gasteiger partial charge < -0.3 is 24.3 Å². The van der Waals surface area contributed by atoms with Crippen LogP contribution in [0.2, 0.25) is 0 Å². The van der Waals surface area contributed by atoms with Crippen molar-refractivity contribution in [2.75, 3.05) is 27.9 Å². The topological polar surface area (TPSA) is 53.5 Å². The molecule has 0 atom stereocenters. The molecule has 2 N–H and O–H groups in total. The third-order valence-corrected chi connectivity index (χ3v) is 3.49. The second kappa shape index (κ2) is 8.29. The van der Waals surface area contributed by atoms with Crippen LogP contribution in [0.4, 0.5) is 5.69 Å². The Morgan fingerprint density at radius 2 is 1.48 bits per heavy atom. The summed E-state index contributed by atoms with van der Waals surface area (Å²) >= 11 is 0. The van der Waals surface area contributed by atoms with Gasteiger partial charge in [0.15, 0.2) is 11.5 Å². The molecule has 23 heavy (non-hydrogen) atoms. The van der Waals surface area contributed by atoms with E-state index in [-0.39, 0.29) is 0 Å². The molecule has 0 aliphatic heterocycles. The lowest BCUT2D eigenvalue weighted by Crippen LogP contribution is -2.76. The Kier molecular flexibility index (Phi) is 6.11. The summed E-state index contributed by atoms with van der Waals surface area (Å²) in [4.78, 5) is 0. The summed E-state index contributed by atoms with van der Waals surface area (Å²) in [6.07, 6.45) is 0. The van der Waals surface area contributed by atoms with Crippen molar-refractivity contribution in [2.45, 2.75) is 13.5 Å². The Morgan fingerprint density at radius 1 is 0.870 bits per heavy atom. The van der Waals surface area contributed by atoms with Crippen LogP contribution in [-0.2, 0) is 6.54 Å². The van der Waals surface area contributed by atoms with Crippen LogP contribution in [-0.4, -0.2) is 27.9 Å². The molecule has 5 nitrogen and oxygen atoms in total. The number of methoxy groups -OCH3 is 3. The van der Waals surface area contributed by atoms with E-state index in [0.717, 1.165) is 23.5 Å². The van der Waals surface area contributed by atoms with E-state index in [9.17, 15) is 0 Å². The minimum Gasteiger partial charge on any atom is -0.494 e. The van der Waals surface area contributed by atoms with Gasteiger partial charge in [0.2, 0.25) is 5.75 Å². The molecular weight excluding hydrogens is 294 g/mol. The van der Waals surface area contributed by atoms with Crippen molar-refractivity contribution in [3.8, 4) is 23.0 Å². The van der Waals surface area contributed by atoms with Gasteiger partial charge >= 0.3 is 0 Å². The molecule has 0 aromatic heterocycles. The van der Waals surface area contributed by atoms with Crippen LogP contribution >= 0.6 is 0 Å². The molecule has 2 aromatic rings. The normalized spacial score (nSPS) is 10.3. The highest BCUT2D eigenvalue weighted by Crippen LogP contribution is 2.37. The van der Waals surface area contributed by atoms with E-state index in [1.165, 1.54) is 0 Å². The van der Waals surface area contributed by atoms with Crippen molar-refractivity contribution >= 4 is 5.69 Å². The molecule has 0 fully saturated rings. The molecule has 0 spiro atoms. The van der Waals surface area contributed by atoms with Crippen LogP contribution in [0.15, 0.2) is 36.4 Å². The average Bonchev–Trinajstić information content (AvgIpc) is 2.60. The maximum Gasteiger partial charge on any atom is 0.203 e. The second-order valence-corrected chi connectivity index (χ2v) is 4.94. The summed E-state index contributed by atoms with van der Waals surface area (Å²) in [6, 6.07) is 12.0. The highest BCUT2D eigenvalue weighted by molar-refractivity contribution is 5.53. The second-order valence-electron chi connectivity index (χ2n) is 4.94. The fourth-order valence-corrected chi connectivity index (χ4v) is 2.36. The molecule has 5 heteroatoms. The maximum atomic E-state index is 5.45. The highest BCUT2D eigenvalue weighted by Gasteiger charge is 2.14. The number of hydrogen-bond acceptors (Lipinski definition) is 4. The summed E-state index contributed by atoms with van der Waals surface area (Å²) in [5, 5.41) is 2.15. The first-order chi connectivity index (χ1) is 11.2. The maximum absolute atomic E-state index is 5.45. The van der Waals surface area contributed by atoms with Gasteiger partial charge in [-0.3, -0.25) is 0 Å². The zero-order valence-electron chi connectivity index (χ0n) is 14.1. The van der Waals surface area contributed by atoms with Crippen LogP contribution in [0.5, 0.6) is 23.0 Å². The zero-order chi connectivity index (χ0) is 16.7. The van der Waals surface area contributed by atoms with Crippen LogP contribution < -0.4 is 24.3 Å².